The molecule has 30 heavy (non-hydrogen) atoms. The summed E-state index contributed by atoms with van der Waals surface area (Å²) >= 11 is 0. The molecule has 0 radical (unpaired) electrons. The number of hydrogen-bond donors (Lipinski definition) is 1. The highest BCUT2D eigenvalue weighted by molar-refractivity contribution is 5.98. The fraction of sp³-hybridized carbons (Fsp3) is 0.435. The number of amides is 1. The first kappa shape index (κ1) is 19.1. The van der Waals surface area contributed by atoms with Gasteiger partial charge in [-0.1, -0.05) is 18.2 Å². The molecule has 0 bridgehead atoms. The summed E-state index contributed by atoms with van der Waals surface area (Å²) in [5.41, 5.74) is 2.29. The van der Waals surface area contributed by atoms with Crippen molar-refractivity contribution in [1.82, 2.24) is 19.9 Å². The molecule has 1 amide bonds. The molecule has 2 aliphatic rings. The maximum Gasteiger partial charge on any atom is 0.270 e. The number of aromatic amines is 1. The Labute approximate surface area is 175 Å². The number of aryl methyl sites for hydroxylation is 1. The van der Waals surface area contributed by atoms with Gasteiger partial charge in [0.25, 0.3) is 5.91 Å². The number of nitrogens with zero attached hydrogens (tertiary/aromatic N) is 3. The largest absolute Gasteiger partial charge is 0.477 e. The topological polar surface area (TPSA) is 80.3 Å². The molecular weight excluding hydrogens is 380 g/mol. The second-order valence-corrected chi connectivity index (χ2v) is 8.46. The highest BCUT2D eigenvalue weighted by Gasteiger charge is 2.49. The van der Waals surface area contributed by atoms with Gasteiger partial charge >= 0.3 is 0 Å². The number of carbonyl (C=O) groups is 1. The third kappa shape index (κ3) is 3.77. The maximum absolute atomic E-state index is 12.9. The smallest absolute Gasteiger partial charge is 0.270 e. The molecule has 7 nitrogen and oxygen atoms in total. The first-order chi connectivity index (χ1) is 14.6. The lowest BCUT2D eigenvalue weighted by atomic mass is 9.79. The Morgan fingerprint density at radius 1 is 1.33 bits per heavy atom. The zero-order valence-corrected chi connectivity index (χ0v) is 17.1. The van der Waals surface area contributed by atoms with Gasteiger partial charge in [0.2, 0.25) is 5.88 Å². The van der Waals surface area contributed by atoms with Crippen LogP contribution in [-0.4, -0.2) is 57.7 Å². The van der Waals surface area contributed by atoms with Gasteiger partial charge in [-0.05, 0) is 44.2 Å². The second-order valence-electron chi connectivity index (χ2n) is 8.46. The summed E-state index contributed by atoms with van der Waals surface area (Å²) in [4.78, 5) is 26.4. The van der Waals surface area contributed by atoms with Gasteiger partial charge in [0.05, 0.1) is 31.6 Å². The van der Waals surface area contributed by atoms with Gasteiger partial charge in [0, 0.05) is 23.7 Å². The molecule has 2 fully saturated rings. The van der Waals surface area contributed by atoms with E-state index in [1.165, 1.54) is 0 Å². The van der Waals surface area contributed by atoms with Gasteiger partial charge in [-0.3, -0.25) is 9.78 Å². The summed E-state index contributed by atoms with van der Waals surface area (Å²) in [5.74, 6) is 1.15. The number of fused-ring (bicyclic) bond motifs is 1. The SMILES string of the molecule is Cc1cncc(OCC[C@@H]2CCOC3(C2)CN(C(=O)c2cc4ccccc4[nH]2)C3)n1. The van der Waals surface area contributed by atoms with E-state index in [9.17, 15) is 4.79 Å². The third-order valence-corrected chi connectivity index (χ3v) is 6.11. The van der Waals surface area contributed by atoms with Crippen LogP contribution in [0.3, 0.4) is 0 Å². The van der Waals surface area contributed by atoms with Crippen LogP contribution < -0.4 is 4.74 Å². The van der Waals surface area contributed by atoms with Gasteiger partial charge in [0.15, 0.2) is 0 Å². The van der Waals surface area contributed by atoms with Crippen molar-refractivity contribution in [2.45, 2.75) is 31.8 Å². The van der Waals surface area contributed by atoms with Crippen molar-refractivity contribution >= 4 is 16.8 Å². The van der Waals surface area contributed by atoms with Crippen LogP contribution in [0, 0.1) is 12.8 Å². The Bertz CT molecular complexity index is 1020. The predicted octanol–water partition coefficient (Wildman–Crippen LogP) is 3.36. The van der Waals surface area contributed by atoms with Crippen LogP contribution >= 0.6 is 0 Å². The van der Waals surface area contributed by atoms with Crippen molar-refractivity contribution < 1.29 is 14.3 Å². The van der Waals surface area contributed by atoms with Crippen LogP contribution in [0.5, 0.6) is 5.88 Å². The zero-order chi connectivity index (χ0) is 20.6. The van der Waals surface area contributed by atoms with Crippen molar-refractivity contribution in [1.29, 1.82) is 0 Å². The van der Waals surface area contributed by atoms with Gasteiger partial charge in [0.1, 0.15) is 11.3 Å². The Balaban J connectivity index is 1.14. The van der Waals surface area contributed by atoms with Gasteiger partial charge in [-0.25, -0.2) is 4.98 Å². The number of para-hydroxylation sites is 1. The molecule has 2 aliphatic heterocycles. The van der Waals surface area contributed by atoms with E-state index in [2.05, 4.69) is 15.0 Å². The van der Waals surface area contributed by atoms with Gasteiger partial charge in [-0.15, -0.1) is 0 Å². The normalized spacial score (nSPS) is 20.3. The molecule has 0 aliphatic carbocycles. The van der Waals surface area contributed by atoms with E-state index >= 15 is 0 Å². The monoisotopic (exact) mass is 406 g/mol. The van der Waals surface area contributed by atoms with E-state index in [-0.39, 0.29) is 11.5 Å². The lowest BCUT2D eigenvalue weighted by Gasteiger charge is -2.53. The number of nitrogens with one attached hydrogen (secondary N) is 1. The van der Waals surface area contributed by atoms with Crippen LogP contribution in [0.15, 0.2) is 42.7 Å². The highest BCUT2D eigenvalue weighted by Crippen LogP contribution is 2.38. The van der Waals surface area contributed by atoms with E-state index < -0.39 is 0 Å². The molecule has 1 spiro atoms. The van der Waals surface area contributed by atoms with Crippen LogP contribution in [0.2, 0.25) is 0 Å². The van der Waals surface area contributed by atoms with Crippen molar-refractivity contribution in [3.05, 3.63) is 54.1 Å². The number of aromatic nitrogens is 3. The molecule has 156 valence electrons. The molecule has 7 heteroatoms. The Morgan fingerprint density at radius 2 is 2.20 bits per heavy atom. The Hall–Kier alpha value is -2.93. The first-order valence-corrected chi connectivity index (χ1v) is 10.5. The first-order valence-electron chi connectivity index (χ1n) is 10.5. The molecule has 4 heterocycles. The average Bonchev–Trinajstić information content (AvgIpc) is 3.16. The molecule has 1 atom stereocenters. The Morgan fingerprint density at radius 3 is 3.03 bits per heavy atom. The van der Waals surface area contributed by atoms with E-state index in [1.54, 1.807) is 12.4 Å². The Kier molecular flexibility index (Phi) is 4.90. The number of carbonyl (C=O) groups excluding carboxylic acids is 1. The minimum absolute atomic E-state index is 0.0453. The highest BCUT2D eigenvalue weighted by atomic mass is 16.5. The van der Waals surface area contributed by atoms with Crippen LogP contribution in [0.25, 0.3) is 10.9 Å². The van der Waals surface area contributed by atoms with E-state index in [4.69, 9.17) is 9.47 Å². The standard InChI is InChI=1S/C23H26N4O3/c1-16-12-24-13-21(25-16)29-8-6-17-7-9-30-23(11-17)14-27(15-23)22(28)20-10-18-4-2-3-5-19(18)26-20/h2-5,10,12-13,17,26H,6-9,11,14-15H2,1H3/t17-/m1/s1. The fourth-order valence-corrected chi connectivity index (χ4v) is 4.59. The second kappa shape index (κ2) is 7.72. The van der Waals surface area contributed by atoms with Gasteiger partial charge in [-0.2, -0.15) is 0 Å². The molecule has 3 aromatic rings. The number of rotatable bonds is 5. The van der Waals surface area contributed by atoms with Crippen molar-refractivity contribution in [2.24, 2.45) is 5.92 Å². The predicted molar refractivity (Wildman–Crippen MR) is 112 cm³/mol. The molecule has 0 saturated carbocycles. The lowest BCUT2D eigenvalue weighted by Crippen LogP contribution is -2.66. The minimum atomic E-state index is -0.201. The third-order valence-electron chi connectivity index (χ3n) is 6.11. The van der Waals surface area contributed by atoms with Crippen molar-refractivity contribution in [3.63, 3.8) is 0 Å². The molecule has 5 rings (SSSR count). The summed E-state index contributed by atoms with van der Waals surface area (Å²) in [6.45, 7) is 4.57. The van der Waals surface area contributed by atoms with Crippen LogP contribution in [0.1, 0.15) is 35.4 Å². The minimum Gasteiger partial charge on any atom is -0.477 e. The summed E-state index contributed by atoms with van der Waals surface area (Å²) in [5, 5.41) is 1.06. The van der Waals surface area contributed by atoms with E-state index in [0.717, 1.165) is 42.5 Å². The lowest BCUT2D eigenvalue weighted by molar-refractivity contribution is -0.166. The summed E-state index contributed by atoms with van der Waals surface area (Å²) < 4.78 is 11.9. The quantitative estimate of drug-likeness (QED) is 0.703. The number of benzene rings is 1. The number of ether oxygens (including phenoxy) is 2. The molecule has 0 unspecified atom stereocenters. The summed E-state index contributed by atoms with van der Waals surface area (Å²) in [6.07, 6.45) is 6.32. The van der Waals surface area contributed by atoms with Crippen molar-refractivity contribution in [3.8, 4) is 5.88 Å². The summed E-state index contributed by atoms with van der Waals surface area (Å²) in [6, 6.07) is 9.88. The maximum atomic E-state index is 12.9. The van der Waals surface area contributed by atoms with Crippen molar-refractivity contribution in [2.75, 3.05) is 26.3 Å². The molecule has 1 N–H and O–H groups in total. The van der Waals surface area contributed by atoms with Crippen LogP contribution in [0.4, 0.5) is 0 Å². The molecule has 2 saturated heterocycles. The van der Waals surface area contributed by atoms with Gasteiger partial charge < -0.3 is 19.4 Å². The fourth-order valence-electron chi connectivity index (χ4n) is 4.59. The number of likely N-dealkylation sites (tertiary alicyclic amines) is 1. The molecule has 2 aromatic heterocycles. The number of H-pyrrole nitrogens is 1. The van der Waals surface area contributed by atoms with E-state index in [1.807, 2.05) is 42.2 Å². The zero-order valence-electron chi connectivity index (χ0n) is 17.1. The summed E-state index contributed by atoms with van der Waals surface area (Å²) in [7, 11) is 0. The number of hydrogen-bond acceptors (Lipinski definition) is 5. The molecule has 1 aromatic carbocycles. The van der Waals surface area contributed by atoms with E-state index in [0.29, 0.717) is 37.2 Å². The van der Waals surface area contributed by atoms with Crippen LogP contribution in [-0.2, 0) is 4.74 Å². The molecular formula is C23H26N4O3. The average molecular weight is 406 g/mol.